The lowest BCUT2D eigenvalue weighted by Gasteiger charge is -2.71. The van der Waals surface area contributed by atoms with Crippen LogP contribution in [0, 0.1) is 56.2 Å². The third-order valence-corrected chi connectivity index (χ3v) is 21.3. The lowest BCUT2D eigenvalue weighted by molar-refractivity contribution is -0.197. The monoisotopic (exact) mass is 919 g/mol. The molecular formula is C58H79FN2O4S. The number of alkyl halides is 1. The van der Waals surface area contributed by atoms with E-state index in [4.69, 9.17) is 4.74 Å². The van der Waals surface area contributed by atoms with Crippen molar-refractivity contribution in [1.82, 2.24) is 10.2 Å². The average Bonchev–Trinajstić information content (AvgIpc) is 3.65. The van der Waals surface area contributed by atoms with E-state index in [1.807, 2.05) is 30.3 Å². The van der Waals surface area contributed by atoms with Crippen LogP contribution in [-0.2, 0) is 26.0 Å². The van der Waals surface area contributed by atoms with Crippen molar-refractivity contribution in [3.05, 3.63) is 112 Å². The summed E-state index contributed by atoms with van der Waals surface area (Å²) in [6, 6.07) is 20.9. The van der Waals surface area contributed by atoms with E-state index in [1.165, 1.54) is 54.4 Å². The topological polar surface area (TPSA) is 75.7 Å². The van der Waals surface area contributed by atoms with Crippen LogP contribution in [-0.4, -0.2) is 70.2 Å². The van der Waals surface area contributed by atoms with Gasteiger partial charge in [0.15, 0.2) is 9.84 Å². The van der Waals surface area contributed by atoms with Gasteiger partial charge in [-0.2, -0.15) is 0 Å². The van der Waals surface area contributed by atoms with Crippen molar-refractivity contribution in [2.24, 2.45) is 56.2 Å². The number of nitrogens with zero attached hydrogens (tertiary/aromatic N) is 1. The van der Waals surface area contributed by atoms with Crippen molar-refractivity contribution in [1.29, 1.82) is 0 Å². The molecule has 8 atom stereocenters. The van der Waals surface area contributed by atoms with Gasteiger partial charge in [0.2, 0.25) is 0 Å². The van der Waals surface area contributed by atoms with Crippen LogP contribution in [0.3, 0.4) is 0 Å². The van der Waals surface area contributed by atoms with Gasteiger partial charge in [0.05, 0.1) is 16.9 Å². The minimum Gasteiger partial charge on any atom is -0.460 e. The highest BCUT2D eigenvalue weighted by Gasteiger charge is 2.69. The number of ether oxygens (including phenoxy) is 1. The van der Waals surface area contributed by atoms with Gasteiger partial charge in [0.25, 0.3) is 0 Å². The molecule has 0 amide bonds. The molecule has 6 nitrogen and oxygen atoms in total. The molecule has 3 saturated carbocycles. The molecule has 7 aliphatic rings. The van der Waals surface area contributed by atoms with Crippen LogP contribution >= 0.6 is 0 Å². The number of sulfone groups is 1. The van der Waals surface area contributed by atoms with Gasteiger partial charge < -0.3 is 15.0 Å². The Morgan fingerprint density at radius 2 is 1.56 bits per heavy atom. The summed E-state index contributed by atoms with van der Waals surface area (Å²) < 4.78 is 44.8. The van der Waals surface area contributed by atoms with Gasteiger partial charge >= 0.3 is 5.97 Å². The summed E-state index contributed by atoms with van der Waals surface area (Å²) in [6.07, 6.45) is 18.5. The van der Waals surface area contributed by atoms with Crippen LogP contribution in [0.15, 0.2) is 101 Å². The van der Waals surface area contributed by atoms with E-state index in [9.17, 15) is 17.6 Å². The number of hydrogen-bond acceptors (Lipinski definition) is 6. The third kappa shape index (κ3) is 8.06. The maximum Gasteiger partial charge on any atom is 0.315 e. The van der Waals surface area contributed by atoms with Crippen LogP contribution in [0.25, 0.3) is 5.57 Å². The third-order valence-electron chi connectivity index (χ3n) is 19.6. The SMILES string of the molecule is CC(C)C1=C2[C@H]3CC[C@@H]4[C@@]5(C)CC=C(C6=CC[C@](CF)(C(=O)OCc7ccccc7)CC6)C(C)(C)[C@@H]5CC[C@@]4(C)[C@]3(C)CC[C@@]2(CNCCCN2CCS(=O)(=O)CC2)C=C1c1ccccc1. The molecule has 0 spiro atoms. The Hall–Kier alpha value is -3.33. The highest BCUT2D eigenvalue weighted by atomic mass is 32.2. The van der Waals surface area contributed by atoms with Crippen molar-refractivity contribution in [3.63, 3.8) is 0 Å². The largest absolute Gasteiger partial charge is 0.460 e. The number of nitrogens with one attached hydrogen (secondary N) is 1. The normalized spacial score (nSPS) is 36.0. The Morgan fingerprint density at radius 1 is 0.848 bits per heavy atom. The summed E-state index contributed by atoms with van der Waals surface area (Å²) in [5, 5.41) is 4.01. The number of rotatable bonds is 13. The molecule has 1 heterocycles. The first kappa shape index (κ1) is 47.7. The van der Waals surface area contributed by atoms with Gasteiger partial charge in [-0.3, -0.25) is 4.79 Å². The van der Waals surface area contributed by atoms with E-state index in [1.54, 1.807) is 11.1 Å². The number of esters is 1. The van der Waals surface area contributed by atoms with Gasteiger partial charge in [-0.05, 0) is 162 Å². The fourth-order valence-electron chi connectivity index (χ4n) is 15.9. The molecule has 66 heavy (non-hydrogen) atoms. The van der Waals surface area contributed by atoms with Crippen LogP contribution in [0.4, 0.5) is 4.39 Å². The van der Waals surface area contributed by atoms with Gasteiger partial charge in [-0.1, -0.05) is 133 Å². The number of carbonyl (C=O) groups is 1. The Kier molecular flexibility index (Phi) is 12.9. The molecule has 1 saturated heterocycles. The fraction of sp³-hybridized carbons (Fsp3) is 0.638. The molecule has 1 N–H and O–H groups in total. The maximum atomic E-state index is 14.9. The molecular weight excluding hydrogens is 840 g/mol. The van der Waals surface area contributed by atoms with E-state index >= 15 is 0 Å². The van der Waals surface area contributed by atoms with Crippen LogP contribution in [0.1, 0.15) is 130 Å². The Labute approximate surface area is 397 Å². The number of fused-ring (bicyclic) bond motifs is 7. The molecule has 9 rings (SSSR count). The average molecular weight is 919 g/mol. The van der Waals surface area contributed by atoms with E-state index in [0.29, 0.717) is 56.0 Å². The Morgan fingerprint density at radius 3 is 2.23 bits per heavy atom. The number of hydrogen-bond donors (Lipinski definition) is 1. The molecule has 0 radical (unpaired) electrons. The summed E-state index contributed by atoms with van der Waals surface area (Å²) in [7, 11) is -2.87. The summed E-state index contributed by atoms with van der Waals surface area (Å²) in [4.78, 5) is 15.8. The Bertz CT molecular complexity index is 2370. The van der Waals surface area contributed by atoms with Crippen molar-refractivity contribution >= 4 is 21.4 Å². The standard InChI is InChI=1S/C58H79FN2O4S/c1-41(2)50-45(43-17-12-9-13-18-43)37-58(40-60-31-14-32-61-33-35-66(63,64)36-34-61)30-29-55(6)47(51(50)58)19-20-49-54(5)25-23-46(53(3,4)48(54)24-26-56(49,55)7)44-21-27-57(39-59,28-22-44)52(62)65-38-42-15-10-8-11-16-42/h8-13,15-18,21,23,37,41,47-49,60H,14,19-20,22,24-36,38-40H2,1-7H3/t47-,48+,49-,54+,55-,56-,57+,58+/m1/s1. The predicted octanol–water partition coefficient (Wildman–Crippen LogP) is 12.1. The predicted molar refractivity (Wildman–Crippen MR) is 267 cm³/mol. The van der Waals surface area contributed by atoms with Crippen molar-refractivity contribution < 1.29 is 22.3 Å². The van der Waals surface area contributed by atoms with Crippen LogP contribution in [0.5, 0.6) is 0 Å². The summed E-state index contributed by atoms with van der Waals surface area (Å²) in [5.41, 5.74) is 9.20. The molecule has 0 unspecified atom stereocenters. The highest BCUT2D eigenvalue weighted by Crippen LogP contribution is 2.77. The molecule has 2 aromatic carbocycles. The van der Waals surface area contributed by atoms with Crippen LogP contribution < -0.4 is 5.32 Å². The molecule has 6 aliphatic carbocycles. The zero-order valence-corrected chi connectivity index (χ0v) is 42.1. The number of benzene rings is 2. The van der Waals surface area contributed by atoms with Crippen molar-refractivity contribution in [3.8, 4) is 0 Å². The van der Waals surface area contributed by atoms with Crippen molar-refractivity contribution in [2.75, 3.05) is 50.9 Å². The van der Waals surface area contributed by atoms with Gasteiger partial charge in [-0.25, -0.2) is 12.8 Å². The number of carbonyl (C=O) groups excluding carboxylic acids is 1. The summed E-state index contributed by atoms with van der Waals surface area (Å²) in [6.45, 7) is 21.6. The maximum absolute atomic E-state index is 14.9. The van der Waals surface area contributed by atoms with Gasteiger partial charge in [0, 0.05) is 25.0 Å². The lowest BCUT2D eigenvalue weighted by Crippen LogP contribution is -2.64. The van der Waals surface area contributed by atoms with Gasteiger partial charge in [-0.15, -0.1) is 0 Å². The molecule has 0 bridgehead atoms. The first-order valence-corrected chi connectivity index (χ1v) is 27.6. The Balaban J connectivity index is 0.959. The van der Waals surface area contributed by atoms with Crippen molar-refractivity contribution in [2.45, 2.75) is 126 Å². The quantitative estimate of drug-likeness (QED) is 0.159. The highest BCUT2D eigenvalue weighted by molar-refractivity contribution is 7.91. The summed E-state index contributed by atoms with van der Waals surface area (Å²) >= 11 is 0. The fourth-order valence-corrected chi connectivity index (χ4v) is 17.2. The minimum absolute atomic E-state index is 0.0188. The second kappa shape index (κ2) is 17.9. The summed E-state index contributed by atoms with van der Waals surface area (Å²) in [5.74, 6) is 2.25. The smallest absolute Gasteiger partial charge is 0.315 e. The molecule has 2 aromatic rings. The van der Waals surface area contributed by atoms with E-state index in [2.05, 4.69) is 107 Å². The zero-order chi connectivity index (χ0) is 46.8. The molecule has 358 valence electrons. The van der Waals surface area contributed by atoms with Gasteiger partial charge in [0.1, 0.15) is 13.3 Å². The lowest BCUT2D eigenvalue weighted by atomic mass is 9.33. The second-order valence-corrected chi connectivity index (χ2v) is 26.0. The van der Waals surface area contributed by atoms with Crippen LogP contribution in [0.2, 0.25) is 0 Å². The molecule has 1 aliphatic heterocycles. The zero-order valence-electron chi connectivity index (χ0n) is 41.3. The minimum atomic E-state index is -2.87. The number of allylic oxidation sites excluding steroid dienone is 6. The second-order valence-electron chi connectivity index (χ2n) is 23.7. The molecule has 0 aromatic heterocycles. The van der Waals surface area contributed by atoms with E-state index < -0.39 is 27.9 Å². The first-order chi connectivity index (χ1) is 31.4. The number of halogens is 1. The van der Waals surface area contributed by atoms with E-state index in [0.717, 1.165) is 44.5 Å². The first-order valence-electron chi connectivity index (χ1n) is 25.8. The van der Waals surface area contributed by atoms with E-state index in [-0.39, 0.29) is 45.2 Å². The molecule has 4 fully saturated rings. The molecule has 8 heteroatoms.